The van der Waals surface area contributed by atoms with E-state index in [1.54, 1.807) is 7.11 Å². The van der Waals surface area contributed by atoms with Crippen LogP contribution >= 0.6 is 15.9 Å². The Morgan fingerprint density at radius 2 is 2.00 bits per heavy atom. The van der Waals surface area contributed by atoms with Crippen molar-refractivity contribution >= 4 is 44.4 Å². The van der Waals surface area contributed by atoms with E-state index < -0.39 is 0 Å². The van der Waals surface area contributed by atoms with E-state index in [-0.39, 0.29) is 11.8 Å². The quantitative estimate of drug-likeness (QED) is 0.581. The summed E-state index contributed by atoms with van der Waals surface area (Å²) in [6, 6.07) is 13.7. The molecule has 1 saturated heterocycles. The predicted octanol–water partition coefficient (Wildman–Crippen LogP) is 4.82. The van der Waals surface area contributed by atoms with Gasteiger partial charge in [-0.1, -0.05) is 35.0 Å². The second-order valence-electron chi connectivity index (χ2n) is 7.47. The van der Waals surface area contributed by atoms with Crippen LogP contribution in [0, 0.1) is 5.92 Å². The number of anilines is 2. The second-order valence-corrected chi connectivity index (χ2v) is 8.39. The van der Waals surface area contributed by atoms with E-state index in [0.29, 0.717) is 18.2 Å². The van der Waals surface area contributed by atoms with Crippen molar-refractivity contribution in [3.8, 4) is 5.88 Å². The number of aromatic nitrogens is 2. The second kappa shape index (κ2) is 9.00. The van der Waals surface area contributed by atoms with Crippen LogP contribution < -0.4 is 15.0 Å². The number of benzene rings is 2. The summed E-state index contributed by atoms with van der Waals surface area (Å²) in [7, 11) is 1.61. The van der Waals surface area contributed by atoms with Crippen molar-refractivity contribution in [2.24, 2.45) is 5.92 Å². The topological polar surface area (TPSA) is 67.4 Å². The molecule has 1 fully saturated rings. The zero-order chi connectivity index (χ0) is 21.1. The van der Waals surface area contributed by atoms with Gasteiger partial charge >= 0.3 is 0 Å². The predicted molar refractivity (Wildman–Crippen MR) is 123 cm³/mol. The fourth-order valence-electron chi connectivity index (χ4n) is 3.91. The zero-order valence-electron chi connectivity index (χ0n) is 17.2. The van der Waals surface area contributed by atoms with Crippen molar-refractivity contribution in [1.29, 1.82) is 0 Å². The van der Waals surface area contributed by atoms with E-state index in [4.69, 9.17) is 9.72 Å². The molecule has 1 aromatic heterocycles. The molecular weight excluding hydrogens is 444 g/mol. The highest BCUT2D eigenvalue weighted by Crippen LogP contribution is 2.31. The van der Waals surface area contributed by atoms with Gasteiger partial charge in [0.1, 0.15) is 0 Å². The highest BCUT2D eigenvalue weighted by Gasteiger charge is 2.29. The van der Waals surface area contributed by atoms with Crippen LogP contribution in [0.4, 0.5) is 11.5 Å². The average molecular weight is 469 g/mol. The fraction of sp³-hybridized carbons (Fsp3) is 0.348. The van der Waals surface area contributed by atoms with Gasteiger partial charge in [0.15, 0.2) is 5.82 Å². The van der Waals surface area contributed by atoms with Crippen LogP contribution in [0.2, 0.25) is 0 Å². The lowest BCUT2D eigenvalue weighted by Gasteiger charge is -2.33. The molecule has 2 aromatic carbocycles. The number of nitrogens with one attached hydrogen (secondary N) is 1. The zero-order valence-corrected chi connectivity index (χ0v) is 18.8. The number of hydrogen-bond acceptors (Lipinski definition) is 5. The number of halogens is 1. The number of carbonyl (C=O) groups is 1. The lowest BCUT2D eigenvalue weighted by atomic mass is 9.96. The maximum Gasteiger partial charge on any atom is 0.257 e. The first-order valence-corrected chi connectivity index (χ1v) is 11.0. The van der Waals surface area contributed by atoms with E-state index in [0.717, 1.165) is 52.6 Å². The van der Waals surface area contributed by atoms with E-state index in [9.17, 15) is 4.79 Å². The molecule has 156 valence electrons. The van der Waals surface area contributed by atoms with Gasteiger partial charge in [0.05, 0.1) is 24.1 Å². The van der Waals surface area contributed by atoms with Crippen LogP contribution in [0.15, 0.2) is 46.9 Å². The van der Waals surface area contributed by atoms with Crippen LogP contribution in [0.5, 0.6) is 5.88 Å². The summed E-state index contributed by atoms with van der Waals surface area (Å²) < 4.78 is 6.54. The third kappa shape index (κ3) is 4.26. The largest absolute Gasteiger partial charge is 0.478 e. The van der Waals surface area contributed by atoms with Gasteiger partial charge in [-0.2, -0.15) is 0 Å². The van der Waals surface area contributed by atoms with E-state index in [1.165, 1.54) is 0 Å². The highest BCUT2D eigenvalue weighted by molar-refractivity contribution is 9.10. The molecule has 0 aliphatic carbocycles. The summed E-state index contributed by atoms with van der Waals surface area (Å²) in [6.07, 6.45) is 2.62. The maximum atomic E-state index is 13.0. The fourth-order valence-corrected chi connectivity index (χ4v) is 4.32. The summed E-state index contributed by atoms with van der Waals surface area (Å²) in [4.78, 5) is 24.6. The summed E-state index contributed by atoms with van der Waals surface area (Å²) >= 11 is 3.50. The van der Waals surface area contributed by atoms with Gasteiger partial charge in [-0.25, -0.2) is 9.97 Å². The molecule has 1 aliphatic rings. The Labute approximate surface area is 184 Å². The van der Waals surface area contributed by atoms with Gasteiger partial charge in [-0.05, 0) is 55.2 Å². The number of ether oxygens (including phenoxy) is 1. The number of nitrogens with zero attached hydrogens (tertiary/aromatic N) is 3. The molecule has 4 rings (SSSR count). The van der Waals surface area contributed by atoms with Gasteiger partial charge in [0, 0.05) is 23.2 Å². The van der Waals surface area contributed by atoms with Crippen LogP contribution in [-0.2, 0) is 11.2 Å². The van der Waals surface area contributed by atoms with Crippen LogP contribution in [0.1, 0.15) is 25.3 Å². The smallest absolute Gasteiger partial charge is 0.257 e. The Kier molecular flexibility index (Phi) is 6.18. The average Bonchev–Trinajstić information content (AvgIpc) is 2.79. The molecule has 3 aromatic rings. The molecule has 2 heterocycles. The molecule has 1 amide bonds. The Morgan fingerprint density at radius 3 is 2.73 bits per heavy atom. The number of carbonyl (C=O) groups excluding carboxylic acids is 1. The monoisotopic (exact) mass is 468 g/mol. The number of hydrogen-bond donors (Lipinski definition) is 1. The van der Waals surface area contributed by atoms with Crippen molar-refractivity contribution in [2.45, 2.75) is 26.2 Å². The first kappa shape index (κ1) is 20.6. The Hall–Kier alpha value is -2.67. The number of piperidine rings is 1. The van der Waals surface area contributed by atoms with Crippen molar-refractivity contribution in [2.75, 3.05) is 30.4 Å². The summed E-state index contributed by atoms with van der Waals surface area (Å²) in [5.41, 5.74) is 3.62. The number of amides is 1. The molecule has 0 bridgehead atoms. The Bertz CT molecular complexity index is 1070. The van der Waals surface area contributed by atoms with Crippen LogP contribution in [-0.4, -0.2) is 36.1 Å². The van der Waals surface area contributed by atoms with Gasteiger partial charge in [0.25, 0.3) is 5.88 Å². The molecular formula is C23H25BrN4O2. The normalized spacial score (nSPS) is 16.5. The van der Waals surface area contributed by atoms with Gasteiger partial charge in [-0.3, -0.25) is 4.79 Å². The standard InChI is InChI=1S/C23H25BrN4O2/c1-3-15-13-17(24)10-11-18(15)26-22(29)16-7-6-12-28(14-16)21-23(30-2)27-20-9-5-4-8-19(20)25-21/h4-5,8-11,13,16H,3,6-7,12,14H2,1-2H3,(H,26,29). The minimum Gasteiger partial charge on any atom is -0.478 e. The van der Waals surface area contributed by atoms with Gasteiger partial charge in [0.2, 0.25) is 5.91 Å². The molecule has 1 aliphatic heterocycles. The number of aryl methyl sites for hydroxylation is 1. The van der Waals surface area contributed by atoms with E-state index >= 15 is 0 Å². The van der Waals surface area contributed by atoms with E-state index in [2.05, 4.69) is 44.1 Å². The molecule has 0 saturated carbocycles. The summed E-state index contributed by atoms with van der Waals surface area (Å²) in [5, 5.41) is 3.13. The van der Waals surface area contributed by atoms with E-state index in [1.807, 2.05) is 36.4 Å². The van der Waals surface area contributed by atoms with Crippen molar-refractivity contribution in [1.82, 2.24) is 9.97 Å². The number of rotatable bonds is 5. The Balaban J connectivity index is 1.55. The first-order valence-electron chi connectivity index (χ1n) is 10.2. The van der Waals surface area contributed by atoms with Crippen molar-refractivity contribution in [3.05, 3.63) is 52.5 Å². The Morgan fingerprint density at radius 1 is 1.23 bits per heavy atom. The molecule has 1 unspecified atom stereocenters. The molecule has 1 atom stereocenters. The number of para-hydroxylation sites is 2. The van der Waals surface area contributed by atoms with Crippen LogP contribution in [0.3, 0.4) is 0 Å². The van der Waals surface area contributed by atoms with Crippen LogP contribution in [0.25, 0.3) is 11.0 Å². The first-order chi connectivity index (χ1) is 14.6. The third-order valence-corrected chi connectivity index (χ3v) is 6.01. The summed E-state index contributed by atoms with van der Waals surface area (Å²) in [6.45, 7) is 3.50. The number of fused-ring (bicyclic) bond motifs is 1. The minimum absolute atomic E-state index is 0.0458. The maximum absolute atomic E-state index is 13.0. The lowest BCUT2D eigenvalue weighted by Crippen LogP contribution is -2.41. The number of methoxy groups -OCH3 is 1. The van der Waals surface area contributed by atoms with Crippen molar-refractivity contribution < 1.29 is 9.53 Å². The molecule has 30 heavy (non-hydrogen) atoms. The molecule has 6 nitrogen and oxygen atoms in total. The lowest BCUT2D eigenvalue weighted by molar-refractivity contribution is -0.120. The van der Waals surface area contributed by atoms with Gasteiger partial charge in [-0.15, -0.1) is 0 Å². The molecule has 0 spiro atoms. The van der Waals surface area contributed by atoms with Gasteiger partial charge < -0.3 is 15.0 Å². The minimum atomic E-state index is -0.120. The SMILES string of the molecule is CCc1cc(Br)ccc1NC(=O)C1CCCN(c2nc3ccccc3nc2OC)C1. The highest BCUT2D eigenvalue weighted by atomic mass is 79.9. The molecule has 7 heteroatoms. The van der Waals surface area contributed by atoms with Crippen molar-refractivity contribution in [3.63, 3.8) is 0 Å². The summed E-state index contributed by atoms with van der Waals surface area (Å²) in [5.74, 6) is 1.12. The third-order valence-electron chi connectivity index (χ3n) is 5.51. The molecule has 1 N–H and O–H groups in total. The molecule has 0 radical (unpaired) electrons.